The van der Waals surface area contributed by atoms with E-state index in [-0.39, 0.29) is 42.0 Å². The van der Waals surface area contributed by atoms with Crippen molar-refractivity contribution in [2.45, 2.75) is 44.4 Å². The molecule has 2 N–H and O–H groups in total. The average molecular weight is 421 g/mol. The first-order valence-electron chi connectivity index (χ1n) is 11.0. The first-order valence-corrected chi connectivity index (χ1v) is 11.0. The van der Waals surface area contributed by atoms with Crippen LogP contribution in [0.25, 0.3) is 0 Å². The van der Waals surface area contributed by atoms with E-state index in [9.17, 15) is 19.5 Å². The molecule has 2 amide bonds. The monoisotopic (exact) mass is 421 g/mol. The van der Waals surface area contributed by atoms with E-state index in [1.165, 1.54) is 6.07 Å². The molecule has 1 aliphatic carbocycles. The molecular formula is C24H27N3O4. The summed E-state index contributed by atoms with van der Waals surface area (Å²) in [5.41, 5.74) is 1.53. The van der Waals surface area contributed by atoms with E-state index < -0.39 is 17.9 Å². The first-order chi connectivity index (χ1) is 15.0. The molecule has 2 aromatic rings. The highest BCUT2D eigenvalue weighted by Gasteiger charge is 2.58. The highest BCUT2D eigenvalue weighted by Crippen LogP contribution is 2.50. The SMILES string of the molecule is C[C@@H](NC(=O)[C@@H]1[C@@H](CO)[C@@H]2Cn3c(cccc3=O)[C@H]1N2C(=O)C1CC1)c1ccccc1. The van der Waals surface area contributed by atoms with Crippen LogP contribution in [0, 0.1) is 17.8 Å². The molecule has 0 spiro atoms. The molecule has 1 saturated carbocycles. The highest BCUT2D eigenvalue weighted by molar-refractivity contribution is 5.86. The minimum atomic E-state index is -0.612. The normalized spacial score (nSPS) is 27.5. The lowest BCUT2D eigenvalue weighted by Gasteiger charge is -2.38. The molecule has 1 aromatic heterocycles. The summed E-state index contributed by atoms with van der Waals surface area (Å²) in [4.78, 5) is 41.1. The summed E-state index contributed by atoms with van der Waals surface area (Å²) in [5.74, 6) is -1.19. The van der Waals surface area contributed by atoms with Gasteiger partial charge in [0, 0.05) is 36.7 Å². The van der Waals surface area contributed by atoms with Crippen LogP contribution in [0.2, 0.25) is 0 Å². The predicted molar refractivity (Wildman–Crippen MR) is 114 cm³/mol. The fourth-order valence-electron chi connectivity index (χ4n) is 5.34. The molecule has 2 bridgehead atoms. The number of fused-ring (bicyclic) bond motifs is 4. The Morgan fingerprint density at radius 1 is 1.13 bits per heavy atom. The quantitative estimate of drug-likeness (QED) is 0.768. The molecule has 3 aliphatic rings. The molecule has 31 heavy (non-hydrogen) atoms. The van der Waals surface area contributed by atoms with E-state index in [1.54, 1.807) is 10.6 Å². The van der Waals surface area contributed by atoms with Crippen LogP contribution in [0.4, 0.5) is 0 Å². The number of pyridine rings is 1. The molecule has 1 aromatic carbocycles. The first kappa shape index (κ1) is 20.0. The molecule has 5 atom stereocenters. The fourth-order valence-corrected chi connectivity index (χ4v) is 5.34. The summed E-state index contributed by atoms with van der Waals surface area (Å²) in [6, 6.07) is 13.6. The lowest BCUT2D eigenvalue weighted by Crippen LogP contribution is -2.49. The van der Waals surface area contributed by atoms with Crippen molar-refractivity contribution in [2.75, 3.05) is 6.61 Å². The van der Waals surface area contributed by atoms with Crippen molar-refractivity contribution in [1.29, 1.82) is 0 Å². The van der Waals surface area contributed by atoms with E-state index >= 15 is 0 Å². The van der Waals surface area contributed by atoms with Crippen LogP contribution in [-0.4, -0.2) is 39.0 Å². The smallest absolute Gasteiger partial charge is 0.250 e. The zero-order valence-electron chi connectivity index (χ0n) is 17.5. The zero-order chi connectivity index (χ0) is 21.7. The van der Waals surface area contributed by atoms with Gasteiger partial charge in [0.1, 0.15) is 0 Å². The van der Waals surface area contributed by atoms with Gasteiger partial charge in [-0.15, -0.1) is 0 Å². The lowest BCUT2D eigenvalue weighted by atomic mass is 9.86. The van der Waals surface area contributed by atoms with Gasteiger partial charge < -0.3 is 19.9 Å². The second-order valence-corrected chi connectivity index (χ2v) is 8.94. The third-order valence-electron chi connectivity index (χ3n) is 7.06. The van der Waals surface area contributed by atoms with Gasteiger partial charge in [0.15, 0.2) is 0 Å². The molecule has 162 valence electrons. The van der Waals surface area contributed by atoms with E-state index in [4.69, 9.17) is 0 Å². The van der Waals surface area contributed by atoms with E-state index in [1.807, 2.05) is 48.2 Å². The van der Waals surface area contributed by atoms with Gasteiger partial charge in [0.2, 0.25) is 11.8 Å². The number of amides is 2. The fraction of sp³-hybridized carbons (Fsp3) is 0.458. The molecule has 0 unspecified atom stereocenters. The van der Waals surface area contributed by atoms with Gasteiger partial charge in [-0.05, 0) is 31.4 Å². The minimum absolute atomic E-state index is 0.00335. The number of rotatable bonds is 5. The van der Waals surface area contributed by atoms with Crippen molar-refractivity contribution < 1.29 is 14.7 Å². The van der Waals surface area contributed by atoms with Gasteiger partial charge in [-0.3, -0.25) is 14.4 Å². The van der Waals surface area contributed by atoms with Crippen molar-refractivity contribution in [2.24, 2.45) is 17.8 Å². The van der Waals surface area contributed by atoms with Crippen molar-refractivity contribution in [3.63, 3.8) is 0 Å². The number of benzene rings is 1. The maximum absolute atomic E-state index is 13.5. The Morgan fingerprint density at radius 2 is 1.87 bits per heavy atom. The van der Waals surface area contributed by atoms with Crippen LogP contribution < -0.4 is 10.9 Å². The number of nitrogens with one attached hydrogen (secondary N) is 1. The summed E-state index contributed by atoms with van der Waals surface area (Å²) < 4.78 is 1.67. The van der Waals surface area contributed by atoms with Crippen LogP contribution in [0.3, 0.4) is 0 Å². The van der Waals surface area contributed by atoms with Gasteiger partial charge in [-0.1, -0.05) is 36.4 Å². The second-order valence-electron chi connectivity index (χ2n) is 8.94. The third kappa shape index (κ3) is 3.28. The zero-order valence-corrected chi connectivity index (χ0v) is 17.5. The van der Waals surface area contributed by atoms with Crippen LogP contribution >= 0.6 is 0 Å². The van der Waals surface area contributed by atoms with Gasteiger partial charge in [0.05, 0.1) is 24.0 Å². The van der Waals surface area contributed by atoms with Crippen molar-refractivity contribution >= 4 is 11.8 Å². The highest BCUT2D eigenvalue weighted by atomic mass is 16.3. The average Bonchev–Trinajstić information content (AvgIpc) is 3.59. The predicted octanol–water partition coefficient (Wildman–Crippen LogP) is 1.63. The Hall–Kier alpha value is -2.93. The van der Waals surface area contributed by atoms with Gasteiger partial charge in [0.25, 0.3) is 5.56 Å². The van der Waals surface area contributed by atoms with Crippen LogP contribution in [-0.2, 0) is 16.1 Å². The van der Waals surface area contributed by atoms with Crippen molar-refractivity contribution in [3.8, 4) is 0 Å². The minimum Gasteiger partial charge on any atom is -0.396 e. The maximum atomic E-state index is 13.5. The summed E-state index contributed by atoms with van der Waals surface area (Å²) >= 11 is 0. The van der Waals surface area contributed by atoms with E-state index in [0.717, 1.165) is 18.4 Å². The van der Waals surface area contributed by atoms with E-state index in [0.29, 0.717) is 12.2 Å². The molecule has 2 aliphatic heterocycles. The Kier molecular flexibility index (Phi) is 4.93. The van der Waals surface area contributed by atoms with Crippen molar-refractivity contribution in [3.05, 3.63) is 70.1 Å². The topological polar surface area (TPSA) is 91.6 Å². The van der Waals surface area contributed by atoms with Gasteiger partial charge in [-0.25, -0.2) is 0 Å². The van der Waals surface area contributed by atoms with Crippen LogP contribution in [0.5, 0.6) is 0 Å². The molecule has 0 radical (unpaired) electrons. The van der Waals surface area contributed by atoms with Crippen LogP contribution in [0.15, 0.2) is 53.3 Å². The summed E-state index contributed by atoms with van der Waals surface area (Å²) in [6.07, 6.45) is 1.73. The number of aromatic nitrogens is 1. The molecule has 7 heteroatoms. The molecule has 1 saturated heterocycles. The number of carbonyl (C=O) groups is 2. The Bertz CT molecular complexity index is 1060. The largest absolute Gasteiger partial charge is 0.396 e. The number of carbonyl (C=O) groups excluding carboxylic acids is 2. The summed E-state index contributed by atoms with van der Waals surface area (Å²) in [7, 11) is 0. The second kappa shape index (κ2) is 7.64. The maximum Gasteiger partial charge on any atom is 0.250 e. The Morgan fingerprint density at radius 3 is 2.55 bits per heavy atom. The molecule has 7 nitrogen and oxygen atoms in total. The lowest BCUT2D eigenvalue weighted by molar-refractivity contribution is -0.138. The third-order valence-corrected chi connectivity index (χ3v) is 7.06. The number of nitrogens with zero attached hydrogens (tertiary/aromatic N) is 2. The Balaban J connectivity index is 1.53. The van der Waals surface area contributed by atoms with Crippen molar-refractivity contribution in [1.82, 2.24) is 14.8 Å². The van der Waals surface area contributed by atoms with Gasteiger partial charge in [-0.2, -0.15) is 0 Å². The molecule has 2 fully saturated rings. The Labute approximate surface area is 180 Å². The number of aliphatic hydroxyl groups excluding tert-OH is 1. The number of aliphatic hydroxyl groups is 1. The molecule has 5 rings (SSSR count). The summed E-state index contributed by atoms with van der Waals surface area (Å²) in [6.45, 7) is 2.03. The number of hydrogen-bond donors (Lipinski definition) is 2. The summed E-state index contributed by atoms with van der Waals surface area (Å²) in [5, 5.41) is 13.4. The molecule has 3 heterocycles. The van der Waals surface area contributed by atoms with E-state index in [2.05, 4.69) is 5.32 Å². The van der Waals surface area contributed by atoms with Gasteiger partial charge >= 0.3 is 0 Å². The van der Waals surface area contributed by atoms with Crippen LogP contribution in [0.1, 0.15) is 43.1 Å². The standard InChI is InChI=1S/C24H27N3O4/c1-14(15-6-3-2-4-7-15)25-23(30)21-17(13-28)19-12-26-18(8-5-9-20(26)29)22(21)27(19)24(31)16-10-11-16/h2-9,14,16-17,19,21-22,28H,10-13H2,1H3,(H,25,30)/t14-,17+,19+,21-,22-/m1/s1. The molecular weight excluding hydrogens is 394 g/mol. The number of hydrogen-bond acceptors (Lipinski definition) is 4.